The van der Waals surface area contributed by atoms with Gasteiger partial charge in [-0.1, -0.05) is 6.92 Å². The smallest absolute Gasteiger partial charge is 0.120 e. The molecule has 1 unspecified atom stereocenters. The maximum absolute atomic E-state index is 5.44. The first-order valence-electron chi connectivity index (χ1n) is 4.40. The molecule has 0 aliphatic heterocycles. The monoisotopic (exact) mass is 289 g/mol. The van der Waals surface area contributed by atoms with Crippen molar-refractivity contribution in [2.75, 3.05) is 6.61 Å². The normalized spacial score (nSPS) is 10.5. The third-order valence-electron chi connectivity index (χ3n) is 1.77. The Hall–Kier alpha value is -0.250. The van der Waals surface area contributed by atoms with Crippen molar-refractivity contribution in [1.82, 2.24) is 0 Å². The van der Waals surface area contributed by atoms with Crippen molar-refractivity contribution in [1.29, 1.82) is 0 Å². The molecule has 1 aromatic carbocycles. The molecule has 0 spiro atoms. The summed E-state index contributed by atoms with van der Waals surface area (Å²) in [6, 6.07) is 6.24. The van der Waals surface area contributed by atoms with E-state index in [4.69, 9.17) is 4.74 Å². The van der Waals surface area contributed by atoms with Crippen molar-refractivity contribution in [3.63, 3.8) is 0 Å². The summed E-state index contributed by atoms with van der Waals surface area (Å²) >= 11 is 2.30. The van der Waals surface area contributed by atoms with Crippen molar-refractivity contribution in [2.45, 2.75) is 19.8 Å². The SMILES string of the molecule is [CH2]C(C)c1cc(I)cc(OCC)c1. The molecule has 0 aliphatic carbocycles. The highest BCUT2D eigenvalue weighted by molar-refractivity contribution is 14.1. The van der Waals surface area contributed by atoms with Gasteiger partial charge in [-0.05, 0) is 66.1 Å². The summed E-state index contributed by atoms with van der Waals surface area (Å²) < 4.78 is 6.65. The van der Waals surface area contributed by atoms with Crippen LogP contribution in [0.1, 0.15) is 25.3 Å². The number of ether oxygens (including phenoxy) is 1. The standard InChI is InChI=1S/C11H14IO/c1-4-13-11-6-9(8(2)3)5-10(12)7-11/h5-8H,2,4H2,1,3H3. The summed E-state index contributed by atoms with van der Waals surface area (Å²) in [5.41, 5.74) is 1.23. The van der Waals surface area contributed by atoms with Crippen LogP contribution >= 0.6 is 22.6 Å². The van der Waals surface area contributed by atoms with E-state index in [2.05, 4.69) is 48.6 Å². The Balaban J connectivity index is 2.96. The van der Waals surface area contributed by atoms with Gasteiger partial charge in [0.05, 0.1) is 6.61 Å². The number of halogens is 1. The minimum Gasteiger partial charge on any atom is -0.494 e. The zero-order valence-electron chi connectivity index (χ0n) is 8.01. The molecule has 0 bridgehead atoms. The Kier molecular flexibility index (Phi) is 4.03. The van der Waals surface area contributed by atoms with Gasteiger partial charge in [-0.3, -0.25) is 0 Å². The number of hydrogen-bond donors (Lipinski definition) is 0. The van der Waals surface area contributed by atoms with Gasteiger partial charge in [0.2, 0.25) is 0 Å². The molecular formula is C11H14IO. The second-order valence-electron chi connectivity index (χ2n) is 3.05. The van der Waals surface area contributed by atoms with E-state index in [0.29, 0.717) is 12.5 Å². The van der Waals surface area contributed by atoms with Crippen LogP contribution in [0.25, 0.3) is 0 Å². The molecule has 13 heavy (non-hydrogen) atoms. The molecule has 0 amide bonds. The molecule has 0 N–H and O–H groups in total. The molecule has 0 saturated carbocycles. The van der Waals surface area contributed by atoms with Crippen LogP contribution in [0, 0.1) is 10.5 Å². The fourth-order valence-corrected chi connectivity index (χ4v) is 1.79. The molecule has 1 aromatic rings. The van der Waals surface area contributed by atoms with Crippen LogP contribution < -0.4 is 4.74 Å². The van der Waals surface area contributed by atoms with Gasteiger partial charge in [0.15, 0.2) is 0 Å². The zero-order valence-corrected chi connectivity index (χ0v) is 10.2. The molecule has 0 aliphatic rings. The molecule has 71 valence electrons. The highest BCUT2D eigenvalue weighted by Crippen LogP contribution is 2.23. The van der Waals surface area contributed by atoms with Gasteiger partial charge in [-0.2, -0.15) is 0 Å². The third-order valence-corrected chi connectivity index (χ3v) is 2.40. The maximum Gasteiger partial charge on any atom is 0.120 e. The molecule has 1 nitrogen and oxygen atoms in total. The van der Waals surface area contributed by atoms with Crippen LogP contribution in [-0.4, -0.2) is 6.61 Å². The molecular weight excluding hydrogens is 275 g/mol. The van der Waals surface area contributed by atoms with E-state index < -0.39 is 0 Å². The minimum absolute atomic E-state index is 0.314. The van der Waals surface area contributed by atoms with Crippen LogP contribution in [0.15, 0.2) is 18.2 Å². The fraction of sp³-hybridized carbons (Fsp3) is 0.364. The average molecular weight is 289 g/mol. The second-order valence-corrected chi connectivity index (χ2v) is 4.30. The van der Waals surface area contributed by atoms with E-state index in [0.717, 1.165) is 5.75 Å². The van der Waals surface area contributed by atoms with Gasteiger partial charge in [0.1, 0.15) is 5.75 Å². The van der Waals surface area contributed by atoms with Crippen molar-refractivity contribution < 1.29 is 4.74 Å². The topological polar surface area (TPSA) is 9.23 Å². The third kappa shape index (κ3) is 3.18. The van der Waals surface area contributed by atoms with E-state index in [1.807, 2.05) is 13.0 Å². The van der Waals surface area contributed by atoms with Crippen molar-refractivity contribution >= 4 is 22.6 Å². The molecule has 0 fully saturated rings. The Labute approximate surface area is 93.6 Å². The summed E-state index contributed by atoms with van der Waals surface area (Å²) in [5, 5.41) is 0. The quantitative estimate of drug-likeness (QED) is 0.772. The van der Waals surface area contributed by atoms with Crippen LogP contribution in [0.5, 0.6) is 5.75 Å². The van der Waals surface area contributed by atoms with E-state index in [-0.39, 0.29) is 0 Å². The second kappa shape index (κ2) is 4.84. The maximum atomic E-state index is 5.44. The highest BCUT2D eigenvalue weighted by Gasteiger charge is 2.03. The zero-order chi connectivity index (χ0) is 9.84. The molecule has 1 rings (SSSR count). The molecule has 2 heteroatoms. The van der Waals surface area contributed by atoms with Gasteiger partial charge >= 0.3 is 0 Å². The van der Waals surface area contributed by atoms with Gasteiger partial charge < -0.3 is 4.74 Å². The lowest BCUT2D eigenvalue weighted by Gasteiger charge is -2.09. The van der Waals surface area contributed by atoms with Crippen LogP contribution in [0.2, 0.25) is 0 Å². The minimum atomic E-state index is 0.314. The van der Waals surface area contributed by atoms with Gasteiger partial charge in [0.25, 0.3) is 0 Å². The van der Waals surface area contributed by atoms with E-state index >= 15 is 0 Å². The predicted octanol–water partition coefficient (Wildman–Crippen LogP) is 3.63. The largest absolute Gasteiger partial charge is 0.494 e. The predicted molar refractivity (Wildman–Crippen MR) is 64.1 cm³/mol. The van der Waals surface area contributed by atoms with E-state index in [1.54, 1.807) is 0 Å². The van der Waals surface area contributed by atoms with Crippen molar-refractivity contribution in [2.24, 2.45) is 0 Å². The van der Waals surface area contributed by atoms with Gasteiger partial charge in [-0.25, -0.2) is 0 Å². The summed E-state index contributed by atoms with van der Waals surface area (Å²) in [5.74, 6) is 1.26. The molecule has 0 saturated heterocycles. The Bertz CT molecular complexity index is 281. The highest BCUT2D eigenvalue weighted by atomic mass is 127. The summed E-state index contributed by atoms with van der Waals surface area (Å²) in [7, 11) is 0. The summed E-state index contributed by atoms with van der Waals surface area (Å²) in [6.07, 6.45) is 0. The van der Waals surface area contributed by atoms with Crippen LogP contribution in [-0.2, 0) is 0 Å². The lowest BCUT2D eigenvalue weighted by atomic mass is 10.0. The first kappa shape index (κ1) is 10.8. The number of benzene rings is 1. The number of rotatable bonds is 3. The molecule has 1 radical (unpaired) electrons. The van der Waals surface area contributed by atoms with E-state index in [9.17, 15) is 0 Å². The number of hydrogen-bond acceptors (Lipinski definition) is 1. The fourth-order valence-electron chi connectivity index (χ4n) is 1.12. The van der Waals surface area contributed by atoms with Crippen LogP contribution in [0.4, 0.5) is 0 Å². The van der Waals surface area contributed by atoms with Gasteiger partial charge in [-0.15, -0.1) is 0 Å². The molecule has 0 heterocycles. The summed E-state index contributed by atoms with van der Waals surface area (Å²) in [4.78, 5) is 0. The Morgan fingerprint density at radius 2 is 2.15 bits per heavy atom. The summed E-state index contributed by atoms with van der Waals surface area (Å²) in [6.45, 7) is 8.78. The van der Waals surface area contributed by atoms with Crippen molar-refractivity contribution in [3.05, 3.63) is 34.3 Å². The lowest BCUT2D eigenvalue weighted by molar-refractivity contribution is 0.339. The first-order chi connectivity index (χ1) is 6.13. The van der Waals surface area contributed by atoms with Crippen molar-refractivity contribution in [3.8, 4) is 5.75 Å². The molecule has 1 atom stereocenters. The molecule has 0 aromatic heterocycles. The Morgan fingerprint density at radius 3 is 2.69 bits per heavy atom. The van der Waals surface area contributed by atoms with E-state index in [1.165, 1.54) is 9.13 Å². The lowest BCUT2D eigenvalue weighted by Crippen LogP contribution is -1.95. The Morgan fingerprint density at radius 1 is 1.46 bits per heavy atom. The first-order valence-corrected chi connectivity index (χ1v) is 5.47. The van der Waals surface area contributed by atoms with Gasteiger partial charge in [0, 0.05) is 3.57 Å². The van der Waals surface area contributed by atoms with Crippen LogP contribution in [0.3, 0.4) is 0 Å². The average Bonchev–Trinajstić information content (AvgIpc) is 2.03.